The molecular weight excluding hydrogens is 1050 g/mol. The molecule has 0 radical (unpaired) electrons. The van der Waals surface area contributed by atoms with Crippen LogP contribution in [0.3, 0.4) is 0 Å². The summed E-state index contributed by atoms with van der Waals surface area (Å²) in [5.41, 5.74) is 11.1. The molecule has 0 unspecified atom stereocenters. The SMILES string of the molecule is CO[C@H](CO)[C@H]1CC[C@@H]2C#C[C@@H]3NC(N)=N[C@@H](C(C)C)CSSC[C@@H]3[C@H]3Cc4c5cc(c(c4O[C@@H]3O)OCN[C@]23C[C@]2(CC[C@H](Cc4ccc(O)cc4)C2)CC[C@H]3C1)CC#Cc1c(ccc(O)c1OCO)CCC(=O)C[C@H](O)CC5. The third-order valence-electron chi connectivity index (χ3n) is 19.1. The molecule has 4 aliphatic carbocycles. The molecule has 10 N–H and O–H groups in total. The van der Waals surface area contributed by atoms with Gasteiger partial charge in [0.25, 0.3) is 0 Å². The molecule has 3 fully saturated rings. The highest BCUT2D eigenvalue weighted by Gasteiger charge is 2.57. The lowest BCUT2D eigenvalue weighted by molar-refractivity contribution is -0.121. The number of methoxy groups -OCH3 is 1. The number of nitrogens with one attached hydrogen (secondary N) is 2. The number of carbonyl (C=O) groups is 1. The van der Waals surface area contributed by atoms with Crippen LogP contribution < -0.4 is 30.6 Å². The number of aliphatic imine (C=N–C) groups is 1. The van der Waals surface area contributed by atoms with Gasteiger partial charge in [-0.25, -0.2) is 4.99 Å². The Morgan fingerprint density at radius 1 is 0.912 bits per heavy atom. The summed E-state index contributed by atoms with van der Waals surface area (Å²) < 4.78 is 25.7. The Labute approximate surface area is 479 Å². The van der Waals surface area contributed by atoms with E-state index in [9.17, 15) is 35.4 Å². The number of hydrogen-bond acceptors (Lipinski definition) is 17. The summed E-state index contributed by atoms with van der Waals surface area (Å²) in [6.45, 7) is 3.63. The smallest absolute Gasteiger partial charge is 0.201 e. The number of guanidine groups is 1. The molecule has 13 atom stereocenters. The number of aliphatic hydroxyl groups excluding tert-OH is 4. The van der Waals surface area contributed by atoms with E-state index in [0.29, 0.717) is 65.1 Å². The van der Waals surface area contributed by atoms with Crippen molar-refractivity contribution >= 4 is 33.3 Å². The summed E-state index contributed by atoms with van der Waals surface area (Å²) in [6, 6.07) is 12.3. The first-order chi connectivity index (χ1) is 38.7. The van der Waals surface area contributed by atoms with E-state index in [1.807, 2.05) is 12.1 Å². The number of ketones is 1. The van der Waals surface area contributed by atoms with Crippen molar-refractivity contribution < 1.29 is 54.4 Å². The lowest BCUT2D eigenvalue weighted by Crippen LogP contribution is -2.61. The Kier molecular flexibility index (Phi) is 18.8. The number of rotatable bonds is 8. The van der Waals surface area contributed by atoms with Crippen LogP contribution in [0.1, 0.15) is 124 Å². The third kappa shape index (κ3) is 12.9. The van der Waals surface area contributed by atoms with Crippen LogP contribution >= 0.6 is 21.6 Å². The zero-order chi connectivity index (χ0) is 56.1. The standard InChI is InChI=1S/C63H82N4O11S2/c1-37(2)54-33-80-79-32-52-51-29-50-41-11-18-48(72)28-47(71)17-10-40-12-20-55(73)58(77-36-69)49(40)6-4-5-43(26-41)57(59(50)78-60(51)74)76-35-65-63-34-62(23-21-39(30-62)25-38-7-15-46(70)16-8-38)24-22-45(63)27-42(56(31-68)75-3)9-13-44(63)14-19-53(52)66-61(64)67-54/h7-8,12,15-16,20,26,37,39,42,44-45,48,51-54,56,60,65,68-70,72-74H,5,9-11,13,17-18,21-25,27-36H2,1-3H3,(H3,64,66,67)/t39-,42+,44-,45+,48-,51-,52-,53+,54-,56-,60+,62-,63-/m1/s1. The summed E-state index contributed by atoms with van der Waals surface area (Å²) in [6.07, 6.45) is 8.62. The first-order valence-corrected chi connectivity index (χ1v) is 31.6. The van der Waals surface area contributed by atoms with Crippen LogP contribution in [-0.4, -0.2) is 117 Å². The zero-order valence-electron chi connectivity index (χ0n) is 46.6. The summed E-state index contributed by atoms with van der Waals surface area (Å²) in [5, 5.41) is 73.7. The lowest BCUT2D eigenvalue weighted by atomic mass is 9.55. The van der Waals surface area contributed by atoms with Crippen molar-refractivity contribution in [2.24, 2.45) is 57.6 Å². The second kappa shape index (κ2) is 25.8. The topological polar surface area (TPSA) is 238 Å². The average molecular weight is 1140 g/mol. The van der Waals surface area contributed by atoms with Gasteiger partial charge in [-0.05, 0) is 154 Å². The van der Waals surface area contributed by atoms with Crippen LogP contribution in [0.15, 0.2) is 47.5 Å². The number of phenols is 2. The minimum absolute atomic E-state index is 0.0183. The van der Waals surface area contributed by atoms with E-state index < -0.39 is 36.7 Å². The van der Waals surface area contributed by atoms with Gasteiger partial charge in [0.1, 0.15) is 18.3 Å². The molecule has 4 heterocycles. The van der Waals surface area contributed by atoms with Gasteiger partial charge < -0.3 is 60.6 Å². The fraction of sp³-hybridized carbons (Fsp3) is 0.619. The molecule has 0 saturated heterocycles. The third-order valence-corrected chi connectivity index (χ3v) is 21.5. The maximum Gasteiger partial charge on any atom is 0.201 e. The van der Waals surface area contributed by atoms with Crippen molar-refractivity contribution in [2.45, 2.75) is 159 Å². The number of nitrogens with two attached hydrogens (primary N) is 1. The Hall–Kier alpha value is -4.82. The van der Waals surface area contributed by atoms with Crippen molar-refractivity contribution in [1.82, 2.24) is 10.6 Å². The number of Topliss-reactive ketones (excluding diaryl/α,β-unsaturated/α-hetero) is 1. The second-order valence-corrected chi connectivity index (χ2v) is 26.8. The van der Waals surface area contributed by atoms with Crippen molar-refractivity contribution in [3.8, 4) is 52.4 Å². The van der Waals surface area contributed by atoms with E-state index in [4.69, 9.17) is 29.7 Å². The molecule has 3 aromatic rings. The van der Waals surface area contributed by atoms with Gasteiger partial charge in [0.05, 0.1) is 36.5 Å². The number of fused-ring (bicyclic) bond motifs is 6. The molecule has 0 amide bonds. The van der Waals surface area contributed by atoms with Gasteiger partial charge >= 0.3 is 0 Å². The highest BCUT2D eigenvalue weighted by molar-refractivity contribution is 8.76. The Morgan fingerprint density at radius 3 is 2.51 bits per heavy atom. The van der Waals surface area contributed by atoms with Crippen LogP contribution in [0.5, 0.6) is 28.7 Å². The molecule has 3 saturated carbocycles. The molecule has 0 aromatic heterocycles. The highest BCUT2D eigenvalue weighted by Crippen LogP contribution is 2.60. The van der Waals surface area contributed by atoms with Crippen LogP contribution in [0.2, 0.25) is 0 Å². The summed E-state index contributed by atoms with van der Waals surface area (Å²) in [4.78, 5) is 18.5. The van der Waals surface area contributed by atoms with Crippen LogP contribution in [0.25, 0.3) is 0 Å². The van der Waals surface area contributed by atoms with E-state index >= 15 is 0 Å². The fourth-order valence-corrected chi connectivity index (χ4v) is 17.6. The summed E-state index contributed by atoms with van der Waals surface area (Å²) >= 11 is 0. The Morgan fingerprint density at radius 2 is 1.73 bits per heavy atom. The molecule has 432 valence electrons. The average Bonchev–Trinajstić information content (AvgIpc) is 3.78. The van der Waals surface area contributed by atoms with Crippen molar-refractivity contribution in [3.63, 3.8) is 0 Å². The molecule has 17 heteroatoms. The first kappa shape index (κ1) is 58.4. The molecule has 6 bridgehead atoms. The van der Waals surface area contributed by atoms with Gasteiger partial charge in [0, 0.05) is 72.3 Å². The molecule has 8 aliphatic rings. The Balaban J connectivity index is 1.13. The fourth-order valence-electron chi connectivity index (χ4n) is 14.8. The van der Waals surface area contributed by atoms with Gasteiger partial charge in [-0.2, -0.15) is 0 Å². The largest absolute Gasteiger partial charge is 0.508 e. The number of ether oxygens (including phenoxy) is 4. The molecule has 15 nitrogen and oxygen atoms in total. The molecule has 3 aromatic carbocycles. The lowest BCUT2D eigenvalue weighted by Gasteiger charge is -2.54. The zero-order valence-corrected chi connectivity index (χ0v) is 48.2. The molecule has 4 aliphatic heterocycles. The van der Waals surface area contributed by atoms with Gasteiger partial charge in [0.15, 0.2) is 35.8 Å². The molecular formula is C63H82N4O11S2. The van der Waals surface area contributed by atoms with E-state index in [-0.39, 0.29) is 109 Å². The summed E-state index contributed by atoms with van der Waals surface area (Å²) in [7, 11) is 5.21. The van der Waals surface area contributed by atoms with E-state index in [0.717, 1.165) is 81.1 Å². The predicted octanol–water partition coefficient (Wildman–Crippen LogP) is 7.33. The summed E-state index contributed by atoms with van der Waals surface area (Å²) in [5.74, 6) is 17.0. The minimum Gasteiger partial charge on any atom is -0.508 e. The van der Waals surface area contributed by atoms with Crippen LogP contribution in [0.4, 0.5) is 0 Å². The van der Waals surface area contributed by atoms with Gasteiger partial charge in [0.2, 0.25) is 6.29 Å². The number of aryl methyl sites for hydroxylation is 2. The number of aromatic hydroxyl groups is 2. The van der Waals surface area contributed by atoms with Crippen molar-refractivity contribution in [3.05, 3.63) is 75.8 Å². The number of phenolic OH excluding ortho intramolecular Hbond substituents is 2. The van der Waals surface area contributed by atoms with Crippen LogP contribution in [0, 0.1) is 70.5 Å². The van der Waals surface area contributed by atoms with Gasteiger partial charge in [-0.3, -0.25) is 10.1 Å². The number of nitrogens with zero attached hydrogens (tertiary/aromatic N) is 1. The number of aliphatic hydroxyl groups is 4. The minimum atomic E-state index is -1.28. The molecule has 2 spiro atoms. The van der Waals surface area contributed by atoms with Gasteiger partial charge in [-0.1, -0.05) is 83.4 Å². The van der Waals surface area contributed by atoms with Crippen LogP contribution in [-0.2, 0) is 41.6 Å². The quantitative estimate of drug-likeness (QED) is 0.0610. The molecule has 11 rings (SSSR count). The molecule has 80 heavy (non-hydrogen) atoms. The predicted molar refractivity (Wildman–Crippen MR) is 311 cm³/mol. The van der Waals surface area contributed by atoms with Crippen molar-refractivity contribution in [1.29, 1.82) is 0 Å². The Bertz CT molecular complexity index is 2840. The van der Waals surface area contributed by atoms with E-state index in [2.05, 4.69) is 54.2 Å². The normalized spacial score (nSPS) is 32.2. The number of benzene rings is 3. The maximum absolute atomic E-state index is 13.5. The highest BCUT2D eigenvalue weighted by atomic mass is 33.1. The van der Waals surface area contributed by atoms with Crippen molar-refractivity contribution in [2.75, 3.05) is 38.7 Å². The van der Waals surface area contributed by atoms with Gasteiger partial charge in [-0.15, -0.1) is 0 Å². The van der Waals surface area contributed by atoms with E-state index in [1.165, 1.54) is 11.6 Å². The second-order valence-electron chi connectivity index (χ2n) is 24.3. The first-order valence-electron chi connectivity index (χ1n) is 29.1. The monoisotopic (exact) mass is 1130 g/mol. The number of hydrogen-bond donors (Lipinski definition) is 9. The van der Waals surface area contributed by atoms with E-state index in [1.54, 1.807) is 46.9 Å². The number of carbonyl (C=O) groups excluding carboxylic acids is 1. The maximum atomic E-state index is 13.5.